The lowest BCUT2D eigenvalue weighted by Crippen LogP contribution is -2.25. The Labute approximate surface area is 105 Å². The number of imidazole rings is 1. The predicted octanol–water partition coefficient (Wildman–Crippen LogP) is 1.13. The highest BCUT2D eigenvalue weighted by Gasteiger charge is 2.27. The van der Waals surface area contributed by atoms with Gasteiger partial charge in [0.2, 0.25) is 0 Å². The minimum absolute atomic E-state index is 0.213. The molecule has 2 aromatic heterocycles. The van der Waals surface area contributed by atoms with Crippen molar-refractivity contribution in [2.75, 3.05) is 12.3 Å². The number of hydrogen-bond acceptors (Lipinski definition) is 5. The number of nitrogens with two attached hydrogens (primary N) is 1. The van der Waals surface area contributed by atoms with E-state index < -0.39 is 0 Å². The number of anilines is 1. The van der Waals surface area contributed by atoms with E-state index in [2.05, 4.69) is 15.0 Å². The van der Waals surface area contributed by atoms with E-state index in [1.807, 2.05) is 4.57 Å². The summed E-state index contributed by atoms with van der Waals surface area (Å²) in [4.78, 5) is 12.5. The quantitative estimate of drug-likeness (QED) is 0.830. The molecule has 1 aliphatic carbocycles. The number of nitrogens with zero attached hydrogens (tertiary/aromatic N) is 4. The topological polar surface area (TPSA) is 89.9 Å². The largest absolute Gasteiger partial charge is 0.396 e. The summed E-state index contributed by atoms with van der Waals surface area (Å²) < 4.78 is 2.05. The average Bonchev–Trinajstić information content (AvgIpc) is 2.84. The maximum Gasteiger partial charge on any atom is 0.165 e. The number of nitrogen functional groups attached to an aromatic ring is 1. The highest BCUT2D eigenvalue weighted by atomic mass is 16.3. The van der Waals surface area contributed by atoms with Gasteiger partial charge in [-0.25, -0.2) is 15.0 Å². The molecule has 18 heavy (non-hydrogen) atoms. The van der Waals surface area contributed by atoms with Gasteiger partial charge in [0.15, 0.2) is 11.5 Å². The molecule has 6 heteroatoms. The van der Waals surface area contributed by atoms with Crippen molar-refractivity contribution in [1.29, 1.82) is 0 Å². The second-order valence-electron chi connectivity index (χ2n) is 4.88. The molecule has 3 rings (SSSR count). The SMILES string of the molecule is Nc1ncnc2c1ncn2[C@H]1CCCC[C@H]1CO. The Morgan fingerprint density at radius 3 is 2.94 bits per heavy atom. The van der Waals surface area contributed by atoms with Crippen molar-refractivity contribution in [2.24, 2.45) is 5.92 Å². The van der Waals surface area contributed by atoms with Crippen LogP contribution in [0.25, 0.3) is 11.2 Å². The fraction of sp³-hybridized carbons (Fsp3) is 0.583. The Bertz CT molecular complexity index is 552. The Morgan fingerprint density at radius 2 is 2.11 bits per heavy atom. The van der Waals surface area contributed by atoms with Gasteiger partial charge in [0.1, 0.15) is 11.8 Å². The molecule has 96 valence electrons. The first-order valence-electron chi connectivity index (χ1n) is 6.35. The van der Waals surface area contributed by atoms with Gasteiger partial charge in [0, 0.05) is 18.6 Å². The van der Waals surface area contributed by atoms with Crippen LogP contribution in [-0.2, 0) is 0 Å². The molecule has 6 nitrogen and oxygen atoms in total. The summed E-state index contributed by atoms with van der Waals surface area (Å²) in [6, 6.07) is 0.267. The highest BCUT2D eigenvalue weighted by Crippen LogP contribution is 2.35. The lowest BCUT2D eigenvalue weighted by molar-refractivity contribution is 0.140. The molecule has 2 atom stereocenters. The lowest BCUT2D eigenvalue weighted by atomic mass is 9.85. The number of fused-ring (bicyclic) bond motifs is 1. The normalized spacial score (nSPS) is 24.5. The second-order valence-corrected chi connectivity index (χ2v) is 4.88. The van der Waals surface area contributed by atoms with Crippen LogP contribution in [0.15, 0.2) is 12.7 Å². The minimum atomic E-state index is 0.213. The molecule has 0 radical (unpaired) electrons. The predicted molar refractivity (Wildman–Crippen MR) is 67.8 cm³/mol. The minimum Gasteiger partial charge on any atom is -0.396 e. The Balaban J connectivity index is 2.05. The van der Waals surface area contributed by atoms with Crippen molar-refractivity contribution in [3.63, 3.8) is 0 Å². The van der Waals surface area contributed by atoms with Gasteiger partial charge in [-0.05, 0) is 12.8 Å². The summed E-state index contributed by atoms with van der Waals surface area (Å²) in [6.45, 7) is 0.213. The van der Waals surface area contributed by atoms with Crippen molar-refractivity contribution in [1.82, 2.24) is 19.5 Å². The zero-order valence-electron chi connectivity index (χ0n) is 10.2. The van der Waals surface area contributed by atoms with Crippen LogP contribution >= 0.6 is 0 Å². The van der Waals surface area contributed by atoms with E-state index in [9.17, 15) is 5.11 Å². The van der Waals surface area contributed by atoms with Crippen LogP contribution in [0, 0.1) is 5.92 Å². The maximum absolute atomic E-state index is 9.50. The van der Waals surface area contributed by atoms with E-state index in [1.54, 1.807) is 6.33 Å². The van der Waals surface area contributed by atoms with E-state index in [0.29, 0.717) is 11.3 Å². The van der Waals surface area contributed by atoms with Crippen molar-refractivity contribution in [2.45, 2.75) is 31.7 Å². The first-order chi connectivity index (χ1) is 8.81. The third-order valence-electron chi connectivity index (χ3n) is 3.85. The zero-order chi connectivity index (χ0) is 12.5. The summed E-state index contributed by atoms with van der Waals surface area (Å²) in [5, 5.41) is 9.50. The van der Waals surface area contributed by atoms with Gasteiger partial charge in [-0.3, -0.25) is 0 Å². The summed E-state index contributed by atoms with van der Waals surface area (Å²) in [7, 11) is 0. The Kier molecular flexibility index (Phi) is 2.87. The smallest absolute Gasteiger partial charge is 0.165 e. The Morgan fingerprint density at radius 1 is 1.28 bits per heavy atom. The zero-order valence-corrected chi connectivity index (χ0v) is 10.2. The van der Waals surface area contributed by atoms with E-state index in [4.69, 9.17) is 5.73 Å². The Hall–Kier alpha value is -1.69. The van der Waals surface area contributed by atoms with E-state index >= 15 is 0 Å². The van der Waals surface area contributed by atoms with Gasteiger partial charge >= 0.3 is 0 Å². The van der Waals surface area contributed by atoms with Gasteiger partial charge in [-0.15, -0.1) is 0 Å². The van der Waals surface area contributed by atoms with Crippen molar-refractivity contribution < 1.29 is 5.11 Å². The molecular weight excluding hydrogens is 230 g/mol. The summed E-state index contributed by atoms with van der Waals surface area (Å²) in [6.07, 6.45) is 7.72. The molecule has 0 bridgehead atoms. The van der Waals surface area contributed by atoms with Crippen LogP contribution < -0.4 is 5.73 Å². The fourth-order valence-corrected chi connectivity index (χ4v) is 2.88. The highest BCUT2D eigenvalue weighted by molar-refractivity contribution is 5.81. The number of hydrogen-bond donors (Lipinski definition) is 2. The molecule has 3 N–H and O–H groups in total. The molecular formula is C12H17N5O. The molecule has 0 spiro atoms. The van der Waals surface area contributed by atoms with E-state index in [-0.39, 0.29) is 18.6 Å². The molecule has 0 unspecified atom stereocenters. The van der Waals surface area contributed by atoms with E-state index in [0.717, 1.165) is 18.5 Å². The van der Waals surface area contributed by atoms with Crippen LogP contribution in [-0.4, -0.2) is 31.2 Å². The van der Waals surface area contributed by atoms with Gasteiger partial charge < -0.3 is 15.4 Å². The molecule has 2 heterocycles. The van der Waals surface area contributed by atoms with Crippen LogP contribution in [0.1, 0.15) is 31.7 Å². The maximum atomic E-state index is 9.50. The van der Waals surface area contributed by atoms with Crippen molar-refractivity contribution in [3.05, 3.63) is 12.7 Å². The van der Waals surface area contributed by atoms with Gasteiger partial charge in [0.05, 0.1) is 6.33 Å². The van der Waals surface area contributed by atoms with Gasteiger partial charge in [-0.2, -0.15) is 0 Å². The van der Waals surface area contributed by atoms with Crippen molar-refractivity contribution in [3.8, 4) is 0 Å². The molecule has 0 amide bonds. The lowest BCUT2D eigenvalue weighted by Gasteiger charge is -2.31. The number of aliphatic hydroxyl groups is 1. The first-order valence-corrected chi connectivity index (χ1v) is 6.35. The molecule has 1 saturated carbocycles. The van der Waals surface area contributed by atoms with E-state index in [1.165, 1.54) is 19.2 Å². The molecule has 0 aromatic carbocycles. The summed E-state index contributed by atoms with van der Waals surface area (Å²) in [5.74, 6) is 0.697. The third-order valence-corrected chi connectivity index (χ3v) is 3.85. The summed E-state index contributed by atoms with van der Waals surface area (Å²) in [5.41, 5.74) is 7.21. The summed E-state index contributed by atoms with van der Waals surface area (Å²) >= 11 is 0. The number of aliphatic hydroxyl groups excluding tert-OH is 1. The standard InChI is InChI=1S/C12H17N5O/c13-11-10-12(15-6-14-11)17(7-16-10)9-4-2-1-3-8(9)5-18/h6-9,18H,1-5H2,(H2,13,14,15)/t8-,9-/m0/s1. The molecule has 1 fully saturated rings. The molecule has 1 aliphatic rings. The molecule has 0 aliphatic heterocycles. The van der Waals surface area contributed by atoms with Crippen LogP contribution in [0.4, 0.5) is 5.82 Å². The second kappa shape index (κ2) is 4.53. The fourth-order valence-electron chi connectivity index (χ4n) is 2.88. The van der Waals surface area contributed by atoms with Crippen LogP contribution in [0.2, 0.25) is 0 Å². The molecule has 2 aromatic rings. The first kappa shape index (κ1) is 11.4. The van der Waals surface area contributed by atoms with Gasteiger partial charge in [-0.1, -0.05) is 12.8 Å². The molecule has 0 saturated heterocycles. The number of aromatic nitrogens is 4. The van der Waals surface area contributed by atoms with Crippen molar-refractivity contribution >= 4 is 17.0 Å². The third kappa shape index (κ3) is 1.73. The van der Waals surface area contributed by atoms with Crippen LogP contribution in [0.3, 0.4) is 0 Å². The monoisotopic (exact) mass is 247 g/mol. The number of rotatable bonds is 2. The van der Waals surface area contributed by atoms with Crippen LogP contribution in [0.5, 0.6) is 0 Å². The van der Waals surface area contributed by atoms with Gasteiger partial charge in [0.25, 0.3) is 0 Å². The average molecular weight is 247 g/mol.